The molecule has 4 aromatic rings. The third-order valence-corrected chi connectivity index (χ3v) is 5.84. The Morgan fingerprint density at radius 2 is 1.91 bits per heavy atom. The van der Waals surface area contributed by atoms with Crippen molar-refractivity contribution in [1.82, 2.24) is 14.3 Å². The van der Waals surface area contributed by atoms with Gasteiger partial charge in [-0.3, -0.25) is 4.79 Å². The highest BCUT2D eigenvalue weighted by Gasteiger charge is 2.28. The number of rotatable bonds is 6. The number of fused-ring (bicyclic) bond motifs is 1. The van der Waals surface area contributed by atoms with Gasteiger partial charge in [-0.1, -0.05) is 36.4 Å². The second kappa shape index (κ2) is 8.75. The van der Waals surface area contributed by atoms with Gasteiger partial charge >= 0.3 is 0 Å². The molecule has 1 saturated heterocycles. The van der Waals surface area contributed by atoms with Crippen molar-refractivity contribution >= 4 is 17.2 Å². The molecule has 1 amide bonds. The quantitative estimate of drug-likeness (QED) is 0.492. The lowest BCUT2D eigenvalue weighted by Gasteiger charge is -2.19. The van der Waals surface area contributed by atoms with Crippen LogP contribution in [-0.2, 0) is 6.61 Å². The van der Waals surface area contributed by atoms with Crippen LogP contribution in [0.5, 0.6) is 5.75 Å². The number of imidazole rings is 1. The van der Waals surface area contributed by atoms with Gasteiger partial charge in [-0.25, -0.2) is 4.98 Å². The Hall–Kier alpha value is -3.80. The molecule has 162 valence electrons. The summed E-state index contributed by atoms with van der Waals surface area (Å²) in [6, 6.07) is 21.9. The predicted octanol–water partition coefficient (Wildman–Crippen LogP) is 4.55. The van der Waals surface area contributed by atoms with Crippen LogP contribution in [0, 0.1) is 6.92 Å². The number of hydrogen-bond donors (Lipinski definition) is 1. The first kappa shape index (κ1) is 20.1. The smallest absolute Gasteiger partial charge is 0.257 e. The Balaban J connectivity index is 1.26. The Morgan fingerprint density at radius 1 is 1.09 bits per heavy atom. The summed E-state index contributed by atoms with van der Waals surface area (Å²) in [4.78, 5) is 19.8. The van der Waals surface area contributed by atoms with E-state index in [4.69, 9.17) is 4.74 Å². The van der Waals surface area contributed by atoms with Crippen LogP contribution in [0.4, 0.5) is 5.69 Å². The predicted molar refractivity (Wildman–Crippen MR) is 125 cm³/mol. The minimum absolute atomic E-state index is 0.00353. The lowest BCUT2D eigenvalue weighted by Crippen LogP contribution is -2.31. The molecule has 1 atom stereocenters. The van der Waals surface area contributed by atoms with Crippen LogP contribution >= 0.6 is 0 Å². The van der Waals surface area contributed by atoms with Crippen molar-refractivity contribution in [3.05, 3.63) is 95.9 Å². The lowest BCUT2D eigenvalue weighted by atomic mass is 10.1. The SMILES string of the molecule is Cc1cccn2cc(COc3ccccc3C(=O)N3CCC(Nc4ccccc4)C3)nc12. The van der Waals surface area contributed by atoms with Gasteiger partial charge in [0.05, 0.1) is 11.3 Å². The lowest BCUT2D eigenvalue weighted by molar-refractivity contribution is 0.0786. The molecule has 0 saturated carbocycles. The molecule has 1 fully saturated rings. The van der Waals surface area contributed by atoms with E-state index in [9.17, 15) is 4.79 Å². The maximum atomic E-state index is 13.3. The number of amides is 1. The van der Waals surface area contributed by atoms with Crippen LogP contribution in [0.15, 0.2) is 79.1 Å². The fraction of sp³-hybridized carbons (Fsp3) is 0.231. The van der Waals surface area contributed by atoms with Crippen LogP contribution in [0.1, 0.15) is 28.0 Å². The van der Waals surface area contributed by atoms with E-state index in [1.807, 2.05) is 83.2 Å². The molecular weight excluding hydrogens is 400 g/mol. The normalized spacial score (nSPS) is 15.8. The standard InChI is InChI=1S/C26H26N4O2/c1-19-8-7-14-29-17-22(28-25(19)29)18-32-24-12-6-5-11-23(24)26(31)30-15-13-21(16-30)27-20-9-3-2-4-10-20/h2-12,14,17,21,27H,13,15-16,18H2,1H3. The first-order valence-electron chi connectivity index (χ1n) is 10.9. The molecule has 2 aromatic carbocycles. The van der Waals surface area contributed by atoms with E-state index in [1.165, 1.54) is 0 Å². The molecule has 0 aliphatic carbocycles. The van der Waals surface area contributed by atoms with Crippen molar-refractivity contribution in [3.63, 3.8) is 0 Å². The van der Waals surface area contributed by atoms with Crippen LogP contribution in [0.3, 0.4) is 0 Å². The third-order valence-electron chi connectivity index (χ3n) is 5.84. The van der Waals surface area contributed by atoms with Crippen LogP contribution in [0.2, 0.25) is 0 Å². The number of aromatic nitrogens is 2. The van der Waals surface area contributed by atoms with Gasteiger partial charge in [-0.15, -0.1) is 0 Å². The zero-order valence-electron chi connectivity index (χ0n) is 18.1. The number of pyridine rings is 1. The summed E-state index contributed by atoms with van der Waals surface area (Å²) in [7, 11) is 0. The van der Waals surface area contributed by atoms with Gasteiger partial charge in [-0.2, -0.15) is 0 Å². The maximum Gasteiger partial charge on any atom is 0.257 e. The van der Waals surface area contributed by atoms with Crippen LogP contribution in [0.25, 0.3) is 5.65 Å². The minimum atomic E-state index is 0.00353. The summed E-state index contributed by atoms with van der Waals surface area (Å²) < 4.78 is 8.05. The van der Waals surface area contributed by atoms with E-state index in [0.717, 1.165) is 35.6 Å². The van der Waals surface area contributed by atoms with E-state index < -0.39 is 0 Å². The first-order chi connectivity index (χ1) is 15.7. The van der Waals surface area contributed by atoms with Gasteiger partial charge in [0.2, 0.25) is 0 Å². The number of likely N-dealkylation sites (tertiary alicyclic amines) is 1. The first-order valence-corrected chi connectivity index (χ1v) is 10.9. The molecule has 32 heavy (non-hydrogen) atoms. The monoisotopic (exact) mass is 426 g/mol. The number of hydrogen-bond acceptors (Lipinski definition) is 4. The van der Waals surface area contributed by atoms with Crippen molar-refractivity contribution in [2.45, 2.75) is 26.0 Å². The molecule has 1 aliphatic heterocycles. The highest BCUT2D eigenvalue weighted by atomic mass is 16.5. The fourth-order valence-corrected chi connectivity index (χ4v) is 4.20. The maximum absolute atomic E-state index is 13.3. The Bertz CT molecular complexity index is 1240. The van der Waals surface area contributed by atoms with Gasteiger partial charge in [0.1, 0.15) is 18.0 Å². The average molecular weight is 427 g/mol. The summed E-state index contributed by atoms with van der Waals surface area (Å²) in [5.74, 6) is 0.592. The van der Waals surface area contributed by atoms with Gasteiger partial charge < -0.3 is 19.4 Å². The van der Waals surface area contributed by atoms with Crippen molar-refractivity contribution < 1.29 is 9.53 Å². The van der Waals surface area contributed by atoms with E-state index in [2.05, 4.69) is 22.4 Å². The van der Waals surface area contributed by atoms with Crippen molar-refractivity contribution in [3.8, 4) is 5.75 Å². The molecule has 3 heterocycles. The third kappa shape index (κ3) is 4.17. The number of benzene rings is 2. The summed E-state index contributed by atoms with van der Waals surface area (Å²) in [6.07, 6.45) is 4.86. The minimum Gasteiger partial charge on any atom is -0.486 e. The molecule has 0 radical (unpaired) electrons. The van der Waals surface area contributed by atoms with E-state index >= 15 is 0 Å². The van der Waals surface area contributed by atoms with E-state index in [-0.39, 0.29) is 11.9 Å². The summed E-state index contributed by atoms with van der Waals surface area (Å²) in [5, 5.41) is 3.52. The number of nitrogens with one attached hydrogen (secondary N) is 1. The number of aryl methyl sites for hydroxylation is 1. The van der Waals surface area contributed by atoms with Crippen molar-refractivity contribution in [2.24, 2.45) is 0 Å². The molecule has 2 aromatic heterocycles. The van der Waals surface area contributed by atoms with Crippen LogP contribution in [-0.4, -0.2) is 39.3 Å². The topological polar surface area (TPSA) is 58.9 Å². The zero-order valence-corrected chi connectivity index (χ0v) is 18.1. The van der Waals surface area contributed by atoms with Gasteiger partial charge in [0, 0.05) is 37.2 Å². The molecule has 0 bridgehead atoms. The zero-order chi connectivity index (χ0) is 21.9. The van der Waals surface area contributed by atoms with E-state index in [0.29, 0.717) is 24.5 Å². The Labute approximate surface area is 187 Å². The Morgan fingerprint density at radius 3 is 2.75 bits per heavy atom. The molecule has 1 aliphatic rings. The fourth-order valence-electron chi connectivity index (χ4n) is 4.20. The summed E-state index contributed by atoms with van der Waals surface area (Å²) >= 11 is 0. The molecule has 6 nitrogen and oxygen atoms in total. The second-order valence-electron chi connectivity index (χ2n) is 8.19. The molecule has 1 unspecified atom stereocenters. The van der Waals surface area contributed by atoms with Gasteiger partial charge in [0.15, 0.2) is 0 Å². The number of nitrogens with zero attached hydrogens (tertiary/aromatic N) is 3. The molecule has 1 N–H and O–H groups in total. The Kier molecular flexibility index (Phi) is 5.50. The number of carbonyl (C=O) groups is 1. The summed E-state index contributed by atoms with van der Waals surface area (Å²) in [5.41, 5.74) is 4.53. The van der Waals surface area contributed by atoms with E-state index in [1.54, 1.807) is 0 Å². The highest BCUT2D eigenvalue weighted by Crippen LogP contribution is 2.24. The molecule has 5 rings (SSSR count). The van der Waals surface area contributed by atoms with Gasteiger partial charge in [0.25, 0.3) is 5.91 Å². The van der Waals surface area contributed by atoms with Gasteiger partial charge in [-0.05, 0) is 49.2 Å². The highest BCUT2D eigenvalue weighted by molar-refractivity contribution is 5.97. The number of ether oxygens (including phenoxy) is 1. The molecule has 0 spiro atoms. The number of para-hydroxylation sites is 2. The number of carbonyl (C=O) groups excluding carboxylic acids is 1. The molecule has 6 heteroatoms. The second-order valence-corrected chi connectivity index (χ2v) is 8.19. The van der Waals surface area contributed by atoms with Crippen molar-refractivity contribution in [2.75, 3.05) is 18.4 Å². The summed E-state index contributed by atoms with van der Waals surface area (Å²) in [6.45, 7) is 3.75. The largest absolute Gasteiger partial charge is 0.486 e. The average Bonchev–Trinajstić information content (AvgIpc) is 3.46. The van der Waals surface area contributed by atoms with Crippen molar-refractivity contribution in [1.29, 1.82) is 0 Å². The van der Waals surface area contributed by atoms with Crippen LogP contribution < -0.4 is 10.1 Å². The molecular formula is C26H26N4O2. The number of anilines is 1.